The summed E-state index contributed by atoms with van der Waals surface area (Å²) in [7, 11) is 0. The van der Waals surface area contributed by atoms with E-state index in [0.29, 0.717) is 6.04 Å². The molecule has 0 bridgehead atoms. The third kappa shape index (κ3) is 3.32. The fourth-order valence-corrected chi connectivity index (χ4v) is 3.28. The Labute approximate surface area is 96.7 Å². The molecule has 1 nitrogen and oxygen atoms in total. The van der Waals surface area contributed by atoms with E-state index in [1.807, 2.05) is 11.3 Å². The van der Waals surface area contributed by atoms with Gasteiger partial charge in [0, 0.05) is 10.9 Å². The number of rotatable bonds is 3. The Kier molecular flexibility index (Phi) is 4.21. The van der Waals surface area contributed by atoms with Gasteiger partial charge in [-0.05, 0) is 43.0 Å². The average Bonchev–Trinajstić information content (AvgIpc) is 2.67. The highest BCUT2D eigenvalue weighted by atomic mass is 32.1. The van der Waals surface area contributed by atoms with Crippen LogP contribution in [0.25, 0.3) is 0 Å². The highest BCUT2D eigenvalue weighted by Gasteiger charge is 2.19. The maximum atomic E-state index is 6.22. The molecular weight excluding hydrogens is 202 g/mol. The van der Waals surface area contributed by atoms with Crippen molar-refractivity contribution in [2.45, 2.75) is 51.0 Å². The molecule has 0 aliphatic heterocycles. The van der Waals surface area contributed by atoms with Gasteiger partial charge in [-0.3, -0.25) is 0 Å². The first kappa shape index (κ1) is 11.2. The van der Waals surface area contributed by atoms with Gasteiger partial charge < -0.3 is 5.73 Å². The van der Waals surface area contributed by atoms with E-state index in [-0.39, 0.29) is 0 Å². The van der Waals surface area contributed by atoms with E-state index < -0.39 is 0 Å². The van der Waals surface area contributed by atoms with Gasteiger partial charge in [0.05, 0.1) is 0 Å². The van der Waals surface area contributed by atoms with Crippen LogP contribution in [0.4, 0.5) is 0 Å². The zero-order valence-electron chi connectivity index (χ0n) is 9.32. The van der Waals surface area contributed by atoms with Gasteiger partial charge in [-0.15, -0.1) is 11.3 Å². The third-order valence-electron chi connectivity index (χ3n) is 3.56. The van der Waals surface area contributed by atoms with E-state index in [9.17, 15) is 0 Å². The molecule has 1 aromatic rings. The Morgan fingerprint density at radius 3 is 2.93 bits per heavy atom. The Bertz CT molecular complexity index is 268. The van der Waals surface area contributed by atoms with Crippen LogP contribution in [-0.4, -0.2) is 6.04 Å². The van der Waals surface area contributed by atoms with Crippen LogP contribution in [0, 0.1) is 5.92 Å². The SMILES string of the molecule is NC1CCCCCC1CCc1cccs1. The Balaban J connectivity index is 1.81. The number of hydrogen-bond donors (Lipinski definition) is 1. The first-order valence-corrected chi connectivity index (χ1v) is 7.02. The van der Waals surface area contributed by atoms with E-state index in [1.54, 1.807) is 0 Å². The van der Waals surface area contributed by atoms with Crippen molar-refractivity contribution in [3.8, 4) is 0 Å². The van der Waals surface area contributed by atoms with Crippen molar-refractivity contribution in [2.24, 2.45) is 11.7 Å². The molecule has 2 rings (SSSR count). The van der Waals surface area contributed by atoms with Crippen LogP contribution in [0.3, 0.4) is 0 Å². The molecule has 1 heterocycles. The van der Waals surface area contributed by atoms with Gasteiger partial charge in [-0.25, -0.2) is 0 Å². The summed E-state index contributed by atoms with van der Waals surface area (Å²) in [6, 6.07) is 4.85. The lowest BCUT2D eigenvalue weighted by atomic mass is 9.91. The Hall–Kier alpha value is -0.340. The van der Waals surface area contributed by atoms with Crippen LogP contribution in [0.5, 0.6) is 0 Å². The normalized spacial score (nSPS) is 27.5. The van der Waals surface area contributed by atoms with Crippen molar-refractivity contribution in [1.82, 2.24) is 0 Å². The molecule has 1 fully saturated rings. The Morgan fingerprint density at radius 2 is 2.13 bits per heavy atom. The molecule has 2 atom stereocenters. The summed E-state index contributed by atoms with van der Waals surface area (Å²) in [5.41, 5.74) is 6.22. The predicted molar refractivity (Wildman–Crippen MR) is 67.2 cm³/mol. The molecule has 0 amide bonds. The van der Waals surface area contributed by atoms with E-state index in [0.717, 1.165) is 5.92 Å². The zero-order valence-corrected chi connectivity index (χ0v) is 10.1. The van der Waals surface area contributed by atoms with Gasteiger partial charge >= 0.3 is 0 Å². The highest BCUT2D eigenvalue weighted by Crippen LogP contribution is 2.26. The van der Waals surface area contributed by atoms with Crippen LogP contribution in [0.2, 0.25) is 0 Å². The lowest BCUT2D eigenvalue weighted by molar-refractivity contribution is 0.374. The van der Waals surface area contributed by atoms with Gasteiger partial charge in [0.1, 0.15) is 0 Å². The van der Waals surface area contributed by atoms with Gasteiger partial charge in [0.2, 0.25) is 0 Å². The van der Waals surface area contributed by atoms with Crippen LogP contribution < -0.4 is 5.73 Å². The van der Waals surface area contributed by atoms with Crippen molar-refractivity contribution < 1.29 is 0 Å². The van der Waals surface area contributed by atoms with Crippen LogP contribution in [0.15, 0.2) is 17.5 Å². The maximum Gasteiger partial charge on any atom is 0.00672 e. The number of aryl methyl sites for hydroxylation is 1. The summed E-state index contributed by atoms with van der Waals surface area (Å²) in [6.45, 7) is 0. The van der Waals surface area contributed by atoms with E-state index in [4.69, 9.17) is 5.73 Å². The molecule has 0 saturated heterocycles. The van der Waals surface area contributed by atoms with Crippen molar-refractivity contribution in [2.75, 3.05) is 0 Å². The molecule has 1 saturated carbocycles. The van der Waals surface area contributed by atoms with Crippen LogP contribution >= 0.6 is 11.3 Å². The molecule has 0 spiro atoms. The van der Waals surface area contributed by atoms with Gasteiger partial charge in [-0.1, -0.05) is 25.3 Å². The van der Waals surface area contributed by atoms with Crippen molar-refractivity contribution >= 4 is 11.3 Å². The molecule has 2 unspecified atom stereocenters. The first-order chi connectivity index (χ1) is 7.36. The molecular formula is C13H21NS. The summed E-state index contributed by atoms with van der Waals surface area (Å²) in [4.78, 5) is 1.52. The molecule has 1 aliphatic carbocycles. The average molecular weight is 223 g/mol. The number of nitrogens with two attached hydrogens (primary N) is 1. The summed E-state index contributed by atoms with van der Waals surface area (Å²) in [6.07, 6.45) is 9.25. The lowest BCUT2D eigenvalue weighted by Crippen LogP contribution is -2.29. The maximum absolute atomic E-state index is 6.22. The molecule has 0 aromatic carbocycles. The molecule has 2 N–H and O–H groups in total. The fraction of sp³-hybridized carbons (Fsp3) is 0.692. The quantitative estimate of drug-likeness (QED) is 0.779. The lowest BCUT2D eigenvalue weighted by Gasteiger charge is -2.20. The second-order valence-electron chi connectivity index (χ2n) is 4.68. The van der Waals surface area contributed by atoms with Gasteiger partial charge in [0.15, 0.2) is 0 Å². The third-order valence-corrected chi connectivity index (χ3v) is 4.50. The predicted octanol–water partition coefficient (Wildman–Crippen LogP) is 3.59. The summed E-state index contributed by atoms with van der Waals surface area (Å²) >= 11 is 1.88. The molecule has 1 aromatic heterocycles. The second-order valence-corrected chi connectivity index (χ2v) is 5.71. The molecule has 2 heteroatoms. The first-order valence-electron chi connectivity index (χ1n) is 6.14. The second kappa shape index (κ2) is 5.66. The minimum absolute atomic E-state index is 0.465. The minimum atomic E-state index is 0.465. The Morgan fingerprint density at radius 1 is 1.27 bits per heavy atom. The van der Waals surface area contributed by atoms with Crippen LogP contribution in [0.1, 0.15) is 43.4 Å². The van der Waals surface area contributed by atoms with Crippen LogP contribution in [-0.2, 0) is 6.42 Å². The summed E-state index contributed by atoms with van der Waals surface area (Å²) < 4.78 is 0. The molecule has 15 heavy (non-hydrogen) atoms. The van der Waals surface area contributed by atoms with Crippen molar-refractivity contribution in [3.63, 3.8) is 0 Å². The highest BCUT2D eigenvalue weighted by molar-refractivity contribution is 7.09. The smallest absolute Gasteiger partial charge is 0.00672 e. The monoisotopic (exact) mass is 223 g/mol. The molecule has 1 aliphatic rings. The summed E-state index contributed by atoms with van der Waals surface area (Å²) in [5.74, 6) is 0.773. The molecule has 0 radical (unpaired) electrons. The zero-order chi connectivity index (χ0) is 10.5. The van der Waals surface area contributed by atoms with Crippen molar-refractivity contribution in [3.05, 3.63) is 22.4 Å². The van der Waals surface area contributed by atoms with E-state index >= 15 is 0 Å². The minimum Gasteiger partial charge on any atom is -0.327 e. The van der Waals surface area contributed by atoms with Crippen molar-refractivity contribution in [1.29, 1.82) is 0 Å². The molecule has 84 valence electrons. The summed E-state index contributed by atoms with van der Waals surface area (Å²) in [5, 5.41) is 2.17. The fourth-order valence-electron chi connectivity index (χ4n) is 2.55. The number of hydrogen-bond acceptors (Lipinski definition) is 2. The largest absolute Gasteiger partial charge is 0.327 e. The standard InChI is InChI=1S/C13H21NS/c14-13-7-3-1-2-5-11(13)8-9-12-6-4-10-15-12/h4,6,10-11,13H,1-3,5,7-9,14H2. The van der Waals surface area contributed by atoms with Gasteiger partial charge in [0.25, 0.3) is 0 Å². The van der Waals surface area contributed by atoms with E-state index in [1.165, 1.54) is 49.8 Å². The van der Waals surface area contributed by atoms with E-state index in [2.05, 4.69) is 17.5 Å². The topological polar surface area (TPSA) is 26.0 Å². The van der Waals surface area contributed by atoms with Gasteiger partial charge in [-0.2, -0.15) is 0 Å². The number of thiophene rings is 1.